The van der Waals surface area contributed by atoms with Crippen LogP contribution >= 0.6 is 0 Å². The number of nitrogen functional groups attached to an aromatic ring is 1. The fourth-order valence-corrected chi connectivity index (χ4v) is 4.74. The summed E-state index contributed by atoms with van der Waals surface area (Å²) in [5.74, 6) is -0.150. The van der Waals surface area contributed by atoms with Crippen LogP contribution in [0.15, 0.2) is 17.0 Å². The zero-order valence-corrected chi connectivity index (χ0v) is 12.9. The molecule has 1 aromatic rings. The lowest BCUT2D eigenvalue weighted by Gasteiger charge is -2.34. The molecule has 1 heterocycles. The van der Waals surface area contributed by atoms with Crippen LogP contribution in [0.5, 0.6) is 0 Å². The number of sulfonamides is 1. The molecule has 2 rings (SSSR count). The molecule has 1 aliphatic heterocycles. The Hall–Kier alpha value is -1.14. The van der Waals surface area contributed by atoms with Gasteiger partial charge in [0.15, 0.2) is 0 Å². The van der Waals surface area contributed by atoms with E-state index in [1.165, 1.54) is 23.4 Å². The number of hydrogen-bond acceptors (Lipinski definition) is 3. The van der Waals surface area contributed by atoms with Gasteiger partial charge in [0.05, 0.1) is 0 Å². The molecule has 1 aromatic carbocycles. The Morgan fingerprint density at radius 3 is 2.35 bits per heavy atom. The van der Waals surface area contributed by atoms with E-state index < -0.39 is 15.8 Å². The Morgan fingerprint density at radius 1 is 1.25 bits per heavy atom. The summed E-state index contributed by atoms with van der Waals surface area (Å²) >= 11 is 0. The fraction of sp³-hybridized carbons (Fsp3) is 0.571. The molecule has 0 aliphatic carbocycles. The molecule has 0 saturated carbocycles. The SMILES string of the molecule is Cc1cc(N)cc(S(=O)(=O)N2CC(C)CC(C)C2)c1F. The number of hydrogen-bond donors (Lipinski definition) is 1. The monoisotopic (exact) mass is 300 g/mol. The van der Waals surface area contributed by atoms with Crippen molar-refractivity contribution in [2.24, 2.45) is 11.8 Å². The molecule has 1 saturated heterocycles. The van der Waals surface area contributed by atoms with Crippen LogP contribution in [0.3, 0.4) is 0 Å². The number of aryl methyl sites for hydroxylation is 1. The van der Waals surface area contributed by atoms with Gasteiger partial charge in [0, 0.05) is 18.8 Å². The molecule has 1 aliphatic rings. The largest absolute Gasteiger partial charge is 0.399 e. The molecule has 2 unspecified atom stereocenters. The van der Waals surface area contributed by atoms with Gasteiger partial charge in [-0.05, 0) is 42.9 Å². The van der Waals surface area contributed by atoms with E-state index in [0.717, 1.165) is 6.42 Å². The topological polar surface area (TPSA) is 63.4 Å². The van der Waals surface area contributed by atoms with Crippen LogP contribution in [0, 0.1) is 24.6 Å². The van der Waals surface area contributed by atoms with Gasteiger partial charge in [-0.2, -0.15) is 4.31 Å². The Balaban J connectivity index is 2.45. The Bertz CT molecular complexity index is 606. The third kappa shape index (κ3) is 2.81. The molecule has 0 spiro atoms. The molecule has 0 aromatic heterocycles. The second-order valence-corrected chi connectivity index (χ2v) is 7.82. The van der Waals surface area contributed by atoms with E-state index in [4.69, 9.17) is 5.73 Å². The molecule has 4 nitrogen and oxygen atoms in total. The molecular weight excluding hydrogens is 279 g/mol. The van der Waals surface area contributed by atoms with Gasteiger partial charge in [0.1, 0.15) is 10.7 Å². The number of piperidine rings is 1. The van der Waals surface area contributed by atoms with Gasteiger partial charge >= 0.3 is 0 Å². The third-order valence-electron chi connectivity index (χ3n) is 3.70. The lowest BCUT2D eigenvalue weighted by atomic mass is 9.94. The Labute approximate surface area is 119 Å². The first-order chi connectivity index (χ1) is 9.21. The number of rotatable bonds is 2. The normalized spacial score (nSPS) is 24.8. The maximum atomic E-state index is 14.2. The van der Waals surface area contributed by atoms with E-state index in [1.54, 1.807) is 0 Å². The molecule has 0 radical (unpaired) electrons. The van der Waals surface area contributed by atoms with Crippen molar-refractivity contribution in [1.82, 2.24) is 4.31 Å². The fourth-order valence-electron chi connectivity index (χ4n) is 2.89. The van der Waals surface area contributed by atoms with Crippen molar-refractivity contribution in [3.05, 3.63) is 23.5 Å². The summed E-state index contributed by atoms with van der Waals surface area (Å²) in [6.45, 7) is 6.41. The van der Waals surface area contributed by atoms with Gasteiger partial charge in [-0.15, -0.1) is 0 Å². The average Bonchev–Trinajstić information content (AvgIpc) is 2.32. The highest BCUT2D eigenvalue weighted by molar-refractivity contribution is 7.89. The summed E-state index contributed by atoms with van der Waals surface area (Å²) in [5.41, 5.74) is 6.18. The lowest BCUT2D eigenvalue weighted by molar-refractivity contribution is 0.222. The summed E-state index contributed by atoms with van der Waals surface area (Å²) in [4.78, 5) is -0.309. The minimum absolute atomic E-state index is 0.252. The summed E-state index contributed by atoms with van der Waals surface area (Å²) in [6, 6.07) is 2.65. The Morgan fingerprint density at radius 2 is 1.80 bits per heavy atom. The van der Waals surface area contributed by atoms with E-state index in [2.05, 4.69) is 0 Å². The summed E-state index contributed by atoms with van der Waals surface area (Å²) in [6.07, 6.45) is 0.991. The number of halogens is 1. The predicted molar refractivity (Wildman–Crippen MR) is 77.3 cm³/mol. The second kappa shape index (κ2) is 5.33. The first-order valence-corrected chi connectivity index (χ1v) is 8.21. The van der Waals surface area contributed by atoms with E-state index >= 15 is 0 Å². The molecule has 0 amide bonds. The van der Waals surface area contributed by atoms with Crippen molar-refractivity contribution in [2.45, 2.75) is 32.1 Å². The highest BCUT2D eigenvalue weighted by atomic mass is 32.2. The van der Waals surface area contributed by atoms with E-state index in [1.807, 2.05) is 13.8 Å². The van der Waals surface area contributed by atoms with Crippen molar-refractivity contribution in [3.8, 4) is 0 Å². The van der Waals surface area contributed by atoms with Gasteiger partial charge in [0.2, 0.25) is 10.0 Å². The average molecular weight is 300 g/mol. The predicted octanol–water partition coefficient (Wildman–Crippen LogP) is 2.38. The first-order valence-electron chi connectivity index (χ1n) is 6.77. The highest BCUT2D eigenvalue weighted by Gasteiger charge is 2.33. The second-order valence-electron chi connectivity index (χ2n) is 5.92. The van der Waals surface area contributed by atoms with Crippen LogP contribution < -0.4 is 5.73 Å². The quantitative estimate of drug-likeness (QED) is 0.853. The van der Waals surface area contributed by atoms with E-state index in [0.29, 0.717) is 13.1 Å². The molecular formula is C14H21FN2O2S. The summed E-state index contributed by atoms with van der Waals surface area (Å²) in [5, 5.41) is 0. The van der Waals surface area contributed by atoms with Crippen molar-refractivity contribution >= 4 is 15.7 Å². The number of nitrogens with two attached hydrogens (primary N) is 1. The van der Waals surface area contributed by atoms with E-state index in [-0.39, 0.29) is 28.0 Å². The van der Waals surface area contributed by atoms with Gasteiger partial charge in [0.25, 0.3) is 0 Å². The number of nitrogens with zero attached hydrogens (tertiary/aromatic N) is 1. The smallest absolute Gasteiger partial charge is 0.246 e. The Kier molecular flexibility index (Phi) is 4.07. The van der Waals surface area contributed by atoms with Crippen molar-refractivity contribution in [1.29, 1.82) is 0 Å². The van der Waals surface area contributed by atoms with Crippen LogP contribution in [0.1, 0.15) is 25.8 Å². The van der Waals surface area contributed by atoms with Gasteiger partial charge in [-0.1, -0.05) is 13.8 Å². The third-order valence-corrected chi connectivity index (χ3v) is 5.53. The van der Waals surface area contributed by atoms with Crippen LogP contribution in [-0.4, -0.2) is 25.8 Å². The first kappa shape index (κ1) is 15.3. The molecule has 1 fully saturated rings. The van der Waals surface area contributed by atoms with Gasteiger partial charge < -0.3 is 5.73 Å². The van der Waals surface area contributed by atoms with Crippen LogP contribution in [0.2, 0.25) is 0 Å². The van der Waals surface area contributed by atoms with Crippen LogP contribution in [0.4, 0.5) is 10.1 Å². The van der Waals surface area contributed by atoms with Gasteiger partial charge in [-0.3, -0.25) is 0 Å². The van der Waals surface area contributed by atoms with Crippen molar-refractivity contribution in [3.63, 3.8) is 0 Å². The lowest BCUT2D eigenvalue weighted by Crippen LogP contribution is -2.42. The van der Waals surface area contributed by atoms with Crippen LogP contribution in [0.25, 0.3) is 0 Å². The van der Waals surface area contributed by atoms with Crippen LogP contribution in [-0.2, 0) is 10.0 Å². The highest BCUT2D eigenvalue weighted by Crippen LogP contribution is 2.29. The van der Waals surface area contributed by atoms with Crippen molar-refractivity contribution in [2.75, 3.05) is 18.8 Å². The summed E-state index contributed by atoms with van der Waals surface area (Å²) < 4.78 is 40.8. The standard InChI is InChI=1S/C14H21FN2O2S/c1-9-4-10(2)8-17(7-9)20(18,19)13-6-12(16)5-11(3)14(13)15/h5-6,9-10H,4,7-8,16H2,1-3H3. The zero-order chi connectivity index (χ0) is 15.1. The van der Waals surface area contributed by atoms with Gasteiger partial charge in [-0.25, -0.2) is 12.8 Å². The molecule has 0 bridgehead atoms. The minimum atomic E-state index is -3.83. The van der Waals surface area contributed by atoms with Crippen molar-refractivity contribution < 1.29 is 12.8 Å². The molecule has 6 heteroatoms. The number of benzene rings is 1. The maximum Gasteiger partial charge on any atom is 0.246 e. The minimum Gasteiger partial charge on any atom is -0.399 e. The van der Waals surface area contributed by atoms with E-state index in [9.17, 15) is 12.8 Å². The maximum absolute atomic E-state index is 14.2. The molecule has 2 atom stereocenters. The molecule has 112 valence electrons. The zero-order valence-electron chi connectivity index (χ0n) is 12.1. The summed E-state index contributed by atoms with van der Waals surface area (Å²) in [7, 11) is -3.83. The molecule has 2 N–H and O–H groups in total. The number of anilines is 1. The molecule has 20 heavy (non-hydrogen) atoms.